The highest BCUT2D eigenvalue weighted by atomic mass is 16.3. The number of rotatable bonds is 3. The van der Waals surface area contributed by atoms with Crippen molar-refractivity contribution in [2.24, 2.45) is 5.41 Å². The lowest BCUT2D eigenvalue weighted by atomic mass is 9.86. The number of hydrogen-bond acceptors (Lipinski definition) is 3. The number of urea groups is 1. The molecule has 1 saturated carbocycles. The van der Waals surface area contributed by atoms with Crippen LogP contribution in [0.4, 0.5) is 10.5 Å². The summed E-state index contributed by atoms with van der Waals surface area (Å²) in [5, 5.41) is 15.1. The second kappa shape index (κ2) is 5.35. The number of carbonyl (C=O) groups is 1. The van der Waals surface area contributed by atoms with Gasteiger partial charge in [0.25, 0.3) is 0 Å². The predicted octanol–water partition coefficient (Wildman–Crippen LogP) is 1.75. The molecule has 0 radical (unpaired) electrons. The van der Waals surface area contributed by atoms with Gasteiger partial charge in [0.15, 0.2) is 0 Å². The molecule has 18 heavy (non-hydrogen) atoms. The van der Waals surface area contributed by atoms with Gasteiger partial charge in [-0.25, -0.2) is 4.79 Å². The zero-order valence-corrected chi connectivity index (χ0v) is 10.5. The number of anilines is 1. The van der Waals surface area contributed by atoms with Crippen LogP contribution < -0.4 is 10.6 Å². The van der Waals surface area contributed by atoms with E-state index in [0.717, 1.165) is 19.3 Å². The average molecular weight is 249 g/mol. The second-order valence-electron chi connectivity index (χ2n) is 5.10. The van der Waals surface area contributed by atoms with Crippen molar-refractivity contribution in [2.45, 2.75) is 32.2 Å². The van der Waals surface area contributed by atoms with Gasteiger partial charge in [-0.15, -0.1) is 0 Å². The van der Waals surface area contributed by atoms with Crippen molar-refractivity contribution in [3.63, 3.8) is 0 Å². The molecule has 2 amide bonds. The maximum atomic E-state index is 11.8. The Kier molecular flexibility index (Phi) is 3.81. The molecule has 1 fully saturated rings. The zero-order chi connectivity index (χ0) is 13.0. The summed E-state index contributed by atoms with van der Waals surface area (Å²) < 4.78 is 0. The van der Waals surface area contributed by atoms with Crippen molar-refractivity contribution in [1.29, 1.82) is 0 Å². The number of aromatic nitrogens is 1. The smallest absolute Gasteiger partial charge is 0.319 e. The summed E-state index contributed by atoms with van der Waals surface area (Å²) in [6, 6.07) is 3.34. The van der Waals surface area contributed by atoms with Gasteiger partial charge >= 0.3 is 6.03 Å². The molecule has 1 aliphatic carbocycles. The fourth-order valence-corrected chi connectivity index (χ4v) is 2.43. The van der Waals surface area contributed by atoms with Crippen LogP contribution >= 0.6 is 0 Å². The minimum atomic E-state index is -0.241. The average Bonchev–Trinajstić information content (AvgIpc) is 2.73. The molecule has 2 atom stereocenters. The fourth-order valence-electron chi connectivity index (χ4n) is 2.43. The molecule has 5 heteroatoms. The topological polar surface area (TPSA) is 74.2 Å². The number of pyridine rings is 1. The number of nitrogens with zero attached hydrogens (tertiary/aromatic N) is 1. The summed E-state index contributed by atoms with van der Waals surface area (Å²) in [7, 11) is 0. The van der Waals surface area contributed by atoms with Crippen molar-refractivity contribution in [3.05, 3.63) is 24.5 Å². The molecule has 0 bridgehead atoms. The van der Waals surface area contributed by atoms with E-state index in [1.165, 1.54) is 0 Å². The molecule has 1 heterocycles. The number of amides is 2. The van der Waals surface area contributed by atoms with Crippen molar-refractivity contribution in [1.82, 2.24) is 10.3 Å². The van der Waals surface area contributed by atoms with E-state index in [1.807, 2.05) is 6.92 Å². The molecule has 0 aliphatic heterocycles. The Bertz CT molecular complexity index is 410. The lowest BCUT2D eigenvalue weighted by Gasteiger charge is -2.30. The molecular formula is C13H19N3O2. The first kappa shape index (κ1) is 12.8. The molecule has 1 aromatic heterocycles. The maximum absolute atomic E-state index is 11.8. The third-order valence-corrected chi connectivity index (χ3v) is 3.67. The van der Waals surface area contributed by atoms with E-state index in [-0.39, 0.29) is 24.1 Å². The first-order chi connectivity index (χ1) is 8.64. The first-order valence-corrected chi connectivity index (χ1v) is 6.22. The fraction of sp³-hybridized carbons (Fsp3) is 0.538. The molecule has 0 spiro atoms. The van der Waals surface area contributed by atoms with Gasteiger partial charge in [-0.05, 0) is 25.0 Å². The number of hydrogen-bond donors (Lipinski definition) is 3. The minimum absolute atomic E-state index is 0.0270. The molecule has 1 aromatic rings. The highest BCUT2D eigenvalue weighted by molar-refractivity contribution is 5.89. The van der Waals surface area contributed by atoms with Crippen LogP contribution in [0.3, 0.4) is 0 Å². The lowest BCUT2D eigenvalue weighted by molar-refractivity contribution is 0.122. The number of aliphatic hydroxyl groups is 1. The third kappa shape index (κ3) is 2.79. The van der Waals surface area contributed by atoms with Crippen molar-refractivity contribution in [3.8, 4) is 0 Å². The normalized spacial score (nSPS) is 26.9. The highest BCUT2D eigenvalue weighted by Crippen LogP contribution is 2.37. The van der Waals surface area contributed by atoms with Gasteiger partial charge in [-0.3, -0.25) is 4.98 Å². The highest BCUT2D eigenvalue weighted by Gasteiger charge is 2.39. The van der Waals surface area contributed by atoms with Gasteiger partial charge in [0, 0.05) is 17.7 Å². The Hall–Kier alpha value is -1.62. The molecule has 0 saturated heterocycles. The first-order valence-electron chi connectivity index (χ1n) is 6.22. The minimum Gasteiger partial charge on any atom is -0.396 e. The second-order valence-corrected chi connectivity index (χ2v) is 5.10. The summed E-state index contributed by atoms with van der Waals surface area (Å²) in [6.07, 6.45) is 6.15. The Morgan fingerprint density at radius 3 is 3.17 bits per heavy atom. The van der Waals surface area contributed by atoms with Crippen LogP contribution in [-0.4, -0.2) is 28.8 Å². The van der Waals surface area contributed by atoms with Gasteiger partial charge in [0.05, 0.1) is 18.5 Å². The lowest BCUT2D eigenvalue weighted by Crippen LogP contribution is -2.46. The van der Waals surface area contributed by atoms with Crippen molar-refractivity contribution in [2.75, 3.05) is 11.9 Å². The SMILES string of the molecule is C[C@]1(CO)CCC[C@@H]1NC(=O)Nc1cccnc1. The van der Waals surface area contributed by atoms with E-state index >= 15 is 0 Å². The largest absolute Gasteiger partial charge is 0.396 e. The molecule has 2 rings (SSSR count). The van der Waals surface area contributed by atoms with Gasteiger partial charge in [0.2, 0.25) is 0 Å². The van der Waals surface area contributed by atoms with Crippen LogP contribution in [0.2, 0.25) is 0 Å². The van der Waals surface area contributed by atoms with Crippen molar-refractivity contribution < 1.29 is 9.90 Å². The van der Waals surface area contributed by atoms with Gasteiger partial charge in [-0.1, -0.05) is 13.3 Å². The maximum Gasteiger partial charge on any atom is 0.319 e. The molecular weight excluding hydrogens is 230 g/mol. The summed E-state index contributed by atoms with van der Waals surface area (Å²) in [6.45, 7) is 2.11. The summed E-state index contributed by atoms with van der Waals surface area (Å²) in [5.41, 5.74) is 0.463. The van der Waals surface area contributed by atoms with E-state index in [4.69, 9.17) is 0 Å². The van der Waals surface area contributed by atoms with Gasteiger partial charge in [-0.2, -0.15) is 0 Å². The molecule has 1 aliphatic rings. The van der Waals surface area contributed by atoms with E-state index in [1.54, 1.807) is 24.5 Å². The van der Waals surface area contributed by atoms with Gasteiger partial charge < -0.3 is 15.7 Å². The van der Waals surface area contributed by atoms with Gasteiger partial charge in [0.1, 0.15) is 0 Å². The Morgan fingerprint density at radius 2 is 2.50 bits per heavy atom. The van der Waals surface area contributed by atoms with Crippen LogP contribution in [0.25, 0.3) is 0 Å². The number of carbonyl (C=O) groups excluding carboxylic acids is 1. The Morgan fingerprint density at radius 1 is 1.67 bits per heavy atom. The zero-order valence-electron chi connectivity index (χ0n) is 10.5. The molecule has 0 aromatic carbocycles. The van der Waals surface area contributed by atoms with E-state index < -0.39 is 0 Å². The number of nitrogens with one attached hydrogen (secondary N) is 2. The van der Waals surface area contributed by atoms with Crippen LogP contribution in [0.15, 0.2) is 24.5 Å². The summed E-state index contributed by atoms with van der Waals surface area (Å²) >= 11 is 0. The van der Waals surface area contributed by atoms with Crippen LogP contribution in [0, 0.1) is 5.41 Å². The standard InChI is InChI=1S/C13H19N3O2/c1-13(9-17)6-2-5-11(13)16-12(18)15-10-4-3-7-14-8-10/h3-4,7-8,11,17H,2,5-6,9H2,1H3,(H2,15,16,18)/t11-,13+/m0/s1. The van der Waals surface area contributed by atoms with E-state index in [0.29, 0.717) is 5.69 Å². The Labute approximate surface area is 107 Å². The Balaban J connectivity index is 1.92. The predicted molar refractivity (Wildman–Crippen MR) is 69.2 cm³/mol. The summed E-state index contributed by atoms with van der Waals surface area (Å²) in [5.74, 6) is 0. The van der Waals surface area contributed by atoms with Crippen molar-refractivity contribution >= 4 is 11.7 Å². The number of aliphatic hydroxyl groups excluding tert-OH is 1. The van der Waals surface area contributed by atoms with Crippen LogP contribution in [0.5, 0.6) is 0 Å². The molecule has 98 valence electrons. The molecule has 3 N–H and O–H groups in total. The van der Waals surface area contributed by atoms with E-state index in [9.17, 15) is 9.90 Å². The summed E-state index contributed by atoms with van der Waals surface area (Å²) in [4.78, 5) is 15.8. The van der Waals surface area contributed by atoms with Crippen LogP contribution in [-0.2, 0) is 0 Å². The third-order valence-electron chi connectivity index (χ3n) is 3.67. The monoisotopic (exact) mass is 249 g/mol. The van der Waals surface area contributed by atoms with Crippen LogP contribution in [0.1, 0.15) is 26.2 Å². The van der Waals surface area contributed by atoms with E-state index in [2.05, 4.69) is 15.6 Å². The molecule has 0 unspecified atom stereocenters. The molecule has 5 nitrogen and oxygen atoms in total. The quantitative estimate of drug-likeness (QED) is 0.764.